The number of benzene rings is 1. The van der Waals surface area contributed by atoms with E-state index < -0.39 is 0 Å². The zero-order valence-electron chi connectivity index (χ0n) is 9.65. The number of rotatable bonds is 2. The van der Waals surface area contributed by atoms with Crippen LogP contribution in [0.25, 0.3) is 22.3 Å². The van der Waals surface area contributed by atoms with Crippen molar-refractivity contribution < 1.29 is 8.83 Å². The lowest BCUT2D eigenvalue weighted by Crippen LogP contribution is -1.85. The van der Waals surface area contributed by atoms with Crippen LogP contribution in [0.2, 0.25) is 0 Å². The zero-order chi connectivity index (χ0) is 11.8. The molecule has 86 valence electrons. The molecule has 0 aliphatic carbocycles. The summed E-state index contributed by atoms with van der Waals surface area (Å²) in [5.41, 5.74) is 2.64. The topological polar surface area (TPSA) is 51.2 Å². The van der Waals surface area contributed by atoms with Crippen LogP contribution in [0.15, 0.2) is 39.4 Å². The van der Waals surface area contributed by atoms with Crippen LogP contribution in [0.1, 0.15) is 5.69 Å². The second kappa shape index (κ2) is 3.66. The predicted molar refractivity (Wildman–Crippen MR) is 66.0 cm³/mol. The molecule has 0 saturated heterocycles. The van der Waals surface area contributed by atoms with E-state index >= 15 is 0 Å². The lowest BCUT2D eigenvalue weighted by Gasteiger charge is -1.93. The molecule has 4 heteroatoms. The predicted octanol–water partition coefficient (Wildman–Crippen LogP) is 3.44. The summed E-state index contributed by atoms with van der Waals surface area (Å²) in [4.78, 5) is 4.27. The third-order valence-electron chi connectivity index (χ3n) is 2.74. The summed E-state index contributed by atoms with van der Waals surface area (Å²) in [6, 6.07) is 8.38. The number of fused-ring (bicyclic) bond motifs is 1. The average molecular weight is 228 g/mol. The first-order chi connectivity index (χ1) is 8.29. The van der Waals surface area contributed by atoms with Gasteiger partial charge in [-0.2, -0.15) is 4.98 Å². The second-order valence-corrected chi connectivity index (χ2v) is 3.83. The molecule has 0 spiro atoms. The highest BCUT2D eigenvalue weighted by molar-refractivity contribution is 5.92. The van der Waals surface area contributed by atoms with Crippen molar-refractivity contribution in [2.24, 2.45) is 0 Å². The van der Waals surface area contributed by atoms with Gasteiger partial charge in [0, 0.05) is 12.4 Å². The molecule has 2 aromatic heterocycles. The Hall–Kier alpha value is -2.23. The molecule has 3 aromatic rings. The first kappa shape index (κ1) is 9.96. The monoisotopic (exact) mass is 228 g/mol. The fraction of sp³-hybridized carbons (Fsp3) is 0.154. The van der Waals surface area contributed by atoms with E-state index in [2.05, 4.69) is 10.3 Å². The molecule has 4 nitrogen and oxygen atoms in total. The van der Waals surface area contributed by atoms with E-state index in [-0.39, 0.29) is 0 Å². The molecular weight excluding hydrogens is 216 g/mol. The molecule has 0 saturated carbocycles. The third-order valence-corrected chi connectivity index (χ3v) is 2.74. The van der Waals surface area contributed by atoms with Gasteiger partial charge in [0.1, 0.15) is 11.8 Å². The van der Waals surface area contributed by atoms with E-state index in [0.717, 1.165) is 28.0 Å². The van der Waals surface area contributed by atoms with Crippen molar-refractivity contribution >= 4 is 17.0 Å². The van der Waals surface area contributed by atoms with Crippen molar-refractivity contribution in [3.63, 3.8) is 0 Å². The standard InChI is InChI=1S/C13H12N2O2/c1-8-12(17-13(14-2)15-8)10-7-16-11-6-4-3-5-9(10)11/h3-7H,1-2H3,(H,14,15). The number of para-hydroxylation sites is 1. The van der Waals surface area contributed by atoms with Crippen LogP contribution in [0.3, 0.4) is 0 Å². The first-order valence-electron chi connectivity index (χ1n) is 5.41. The lowest BCUT2D eigenvalue weighted by molar-refractivity contribution is 0.582. The van der Waals surface area contributed by atoms with Gasteiger partial charge in [0.2, 0.25) is 0 Å². The molecular formula is C13H12N2O2. The van der Waals surface area contributed by atoms with Gasteiger partial charge in [0.05, 0.1) is 11.3 Å². The van der Waals surface area contributed by atoms with E-state index in [1.165, 1.54) is 0 Å². The minimum atomic E-state index is 0.516. The molecule has 17 heavy (non-hydrogen) atoms. The first-order valence-corrected chi connectivity index (χ1v) is 5.41. The maximum Gasteiger partial charge on any atom is 0.295 e. The van der Waals surface area contributed by atoms with Crippen LogP contribution in [0.4, 0.5) is 6.01 Å². The minimum Gasteiger partial charge on any atom is -0.464 e. The molecule has 2 heterocycles. The van der Waals surface area contributed by atoms with Gasteiger partial charge in [0.25, 0.3) is 6.01 Å². The van der Waals surface area contributed by atoms with Gasteiger partial charge in [0.15, 0.2) is 5.76 Å². The average Bonchev–Trinajstić information content (AvgIpc) is 2.92. The Balaban J connectivity index is 2.23. The Kier molecular flexibility index (Phi) is 2.14. The Labute approximate surface area is 98.3 Å². The SMILES string of the molecule is CNc1nc(C)c(-c2coc3ccccc23)o1. The molecule has 0 unspecified atom stereocenters. The van der Waals surface area contributed by atoms with E-state index in [4.69, 9.17) is 8.83 Å². The third kappa shape index (κ3) is 1.49. The number of nitrogens with one attached hydrogen (secondary N) is 1. The fourth-order valence-corrected chi connectivity index (χ4v) is 1.91. The number of hydrogen-bond acceptors (Lipinski definition) is 4. The van der Waals surface area contributed by atoms with Crippen molar-refractivity contribution in [1.82, 2.24) is 4.98 Å². The van der Waals surface area contributed by atoms with Crippen LogP contribution in [-0.4, -0.2) is 12.0 Å². The number of aryl methyl sites for hydroxylation is 1. The van der Waals surface area contributed by atoms with Crippen molar-refractivity contribution in [3.8, 4) is 11.3 Å². The van der Waals surface area contributed by atoms with Crippen molar-refractivity contribution in [2.45, 2.75) is 6.92 Å². The maximum atomic E-state index is 5.63. The summed E-state index contributed by atoms with van der Waals surface area (Å²) in [5, 5.41) is 3.93. The molecule has 1 N–H and O–H groups in total. The summed E-state index contributed by atoms with van der Waals surface area (Å²) >= 11 is 0. The highest BCUT2D eigenvalue weighted by atomic mass is 16.4. The number of oxazole rings is 1. The summed E-state index contributed by atoms with van der Waals surface area (Å²) < 4.78 is 11.1. The van der Waals surface area contributed by atoms with Gasteiger partial charge >= 0.3 is 0 Å². The molecule has 0 aliphatic rings. The molecule has 3 rings (SSSR count). The number of aromatic nitrogens is 1. The number of anilines is 1. The molecule has 1 aromatic carbocycles. The highest BCUT2D eigenvalue weighted by Crippen LogP contribution is 2.33. The van der Waals surface area contributed by atoms with Gasteiger partial charge in [-0.25, -0.2) is 0 Å². The Morgan fingerprint density at radius 2 is 2.06 bits per heavy atom. The van der Waals surface area contributed by atoms with Crippen LogP contribution >= 0.6 is 0 Å². The quantitative estimate of drug-likeness (QED) is 0.730. The van der Waals surface area contributed by atoms with Crippen molar-refractivity contribution in [1.29, 1.82) is 0 Å². The van der Waals surface area contributed by atoms with E-state index in [1.807, 2.05) is 31.2 Å². The van der Waals surface area contributed by atoms with Gasteiger partial charge < -0.3 is 14.2 Å². The minimum absolute atomic E-state index is 0.516. The Morgan fingerprint density at radius 1 is 1.24 bits per heavy atom. The van der Waals surface area contributed by atoms with Gasteiger partial charge in [-0.3, -0.25) is 0 Å². The molecule has 0 radical (unpaired) electrons. The number of nitrogens with zero attached hydrogens (tertiary/aromatic N) is 1. The number of furan rings is 1. The molecule has 0 fully saturated rings. The van der Waals surface area contributed by atoms with Crippen molar-refractivity contribution in [3.05, 3.63) is 36.2 Å². The van der Waals surface area contributed by atoms with Crippen molar-refractivity contribution in [2.75, 3.05) is 12.4 Å². The largest absolute Gasteiger partial charge is 0.464 e. The van der Waals surface area contributed by atoms with Gasteiger partial charge in [-0.1, -0.05) is 18.2 Å². The Morgan fingerprint density at radius 3 is 2.82 bits per heavy atom. The van der Waals surface area contributed by atoms with E-state index in [0.29, 0.717) is 6.01 Å². The molecule has 0 amide bonds. The zero-order valence-corrected chi connectivity index (χ0v) is 9.65. The second-order valence-electron chi connectivity index (χ2n) is 3.83. The van der Waals surface area contributed by atoms with E-state index in [9.17, 15) is 0 Å². The molecule has 0 aliphatic heterocycles. The number of hydrogen-bond donors (Lipinski definition) is 1. The van der Waals surface area contributed by atoms with Crippen LogP contribution < -0.4 is 5.32 Å². The molecule has 0 bridgehead atoms. The Bertz CT molecular complexity index is 667. The lowest BCUT2D eigenvalue weighted by atomic mass is 10.1. The van der Waals surface area contributed by atoms with Gasteiger partial charge in [-0.15, -0.1) is 0 Å². The summed E-state index contributed by atoms with van der Waals surface area (Å²) in [6.45, 7) is 1.92. The van der Waals surface area contributed by atoms with Crippen LogP contribution in [0, 0.1) is 6.92 Å². The van der Waals surface area contributed by atoms with Gasteiger partial charge in [-0.05, 0) is 13.0 Å². The summed E-state index contributed by atoms with van der Waals surface area (Å²) in [6.07, 6.45) is 1.71. The fourth-order valence-electron chi connectivity index (χ4n) is 1.91. The normalized spacial score (nSPS) is 10.9. The smallest absolute Gasteiger partial charge is 0.295 e. The van der Waals surface area contributed by atoms with Crippen LogP contribution in [0.5, 0.6) is 0 Å². The molecule has 0 atom stereocenters. The van der Waals surface area contributed by atoms with E-state index in [1.54, 1.807) is 13.3 Å². The summed E-state index contributed by atoms with van der Waals surface area (Å²) in [7, 11) is 1.78. The summed E-state index contributed by atoms with van der Waals surface area (Å²) in [5.74, 6) is 0.749. The maximum absolute atomic E-state index is 5.63. The highest BCUT2D eigenvalue weighted by Gasteiger charge is 2.15. The van der Waals surface area contributed by atoms with Crippen LogP contribution in [-0.2, 0) is 0 Å².